The molecule has 0 saturated heterocycles. The minimum atomic E-state index is 0.470. The average Bonchev–Trinajstić information content (AvgIpc) is 2.35. The lowest BCUT2D eigenvalue weighted by atomic mass is 9.93. The van der Waals surface area contributed by atoms with Crippen LogP contribution >= 0.6 is 0 Å². The Morgan fingerprint density at radius 2 is 2.24 bits per heavy atom. The monoisotopic (exact) mass is 233 g/mol. The van der Waals surface area contributed by atoms with Gasteiger partial charge in [-0.05, 0) is 24.4 Å². The number of ether oxygens (including phenoxy) is 1. The Morgan fingerprint density at radius 1 is 1.41 bits per heavy atom. The standard InChI is InChI=1S/C15H23NO/c1-4-9-16-14-8-10-17-15-12(11(2)3)6-5-7-13(14)15/h5-7,11,14,16H,4,8-10H2,1-3H3. The molecule has 1 unspecified atom stereocenters. The maximum atomic E-state index is 5.89. The molecule has 0 radical (unpaired) electrons. The van der Waals surface area contributed by atoms with Crippen molar-refractivity contribution in [3.05, 3.63) is 29.3 Å². The molecule has 2 heteroatoms. The Hall–Kier alpha value is -1.02. The summed E-state index contributed by atoms with van der Waals surface area (Å²) in [7, 11) is 0. The summed E-state index contributed by atoms with van der Waals surface area (Å²) in [6, 6.07) is 7.01. The highest BCUT2D eigenvalue weighted by Gasteiger charge is 2.23. The van der Waals surface area contributed by atoms with E-state index < -0.39 is 0 Å². The smallest absolute Gasteiger partial charge is 0.127 e. The molecule has 94 valence electrons. The van der Waals surface area contributed by atoms with E-state index in [1.807, 2.05) is 0 Å². The van der Waals surface area contributed by atoms with E-state index in [0.717, 1.165) is 25.3 Å². The van der Waals surface area contributed by atoms with Crippen LogP contribution in [-0.4, -0.2) is 13.2 Å². The number of fused-ring (bicyclic) bond motifs is 1. The largest absolute Gasteiger partial charge is 0.493 e. The number of hydrogen-bond donors (Lipinski definition) is 1. The third kappa shape index (κ3) is 2.63. The predicted molar refractivity (Wildman–Crippen MR) is 71.7 cm³/mol. The zero-order chi connectivity index (χ0) is 12.3. The van der Waals surface area contributed by atoms with Gasteiger partial charge in [0.1, 0.15) is 5.75 Å². The van der Waals surface area contributed by atoms with E-state index in [-0.39, 0.29) is 0 Å². The molecule has 0 aliphatic carbocycles. The molecular weight excluding hydrogens is 210 g/mol. The lowest BCUT2D eigenvalue weighted by molar-refractivity contribution is 0.249. The van der Waals surface area contributed by atoms with E-state index in [4.69, 9.17) is 4.74 Å². The van der Waals surface area contributed by atoms with Crippen molar-refractivity contribution >= 4 is 0 Å². The zero-order valence-electron chi connectivity index (χ0n) is 11.1. The normalized spacial score (nSPS) is 18.9. The highest BCUT2D eigenvalue weighted by atomic mass is 16.5. The lowest BCUT2D eigenvalue weighted by Gasteiger charge is -2.29. The fourth-order valence-electron chi connectivity index (χ4n) is 2.43. The fourth-order valence-corrected chi connectivity index (χ4v) is 2.43. The van der Waals surface area contributed by atoms with Crippen molar-refractivity contribution in [2.24, 2.45) is 0 Å². The summed E-state index contributed by atoms with van der Waals surface area (Å²) in [4.78, 5) is 0. The number of rotatable bonds is 4. The highest BCUT2D eigenvalue weighted by molar-refractivity contribution is 5.46. The molecule has 17 heavy (non-hydrogen) atoms. The van der Waals surface area contributed by atoms with Crippen molar-refractivity contribution in [1.82, 2.24) is 5.32 Å². The van der Waals surface area contributed by atoms with E-state index in [1.54, 1.807) is 0 Å². The quantitative estimate of drug-likeness (QED) is 0.857. The molecule has 0 amide bonds. The van der Waals surface area contributed by atoms with Gasteiger partial charge in [-0.1, -0.05) is 39.0 Å². The Morgan fingerprint density at radius 3 is 2.94 bits per heavy atom. The maximum Gasteiger partial charge on any atom is 0.127 e. The molecule has 2 nitrogen and oxygen atoms in total. The second-order valence-corrected chi connectivity index (χ2v) is 5.06. The van der Waals surface area contributed by atoms with Gasteiger partial charge in [0.05, 0.1) is 6.61 Å². The van der Waals surface area contributed by atoms with E-state index >= 15 is 0 Å². The van der Waals surface area contributed by atoms with Crippen molar-refractivity contribution in [3.63, 3.8) is 0 Å². The number of para-hydroxylation sites is 1. The maximum absolute atomic E-state index is 5.89. The van der Waals surface area contributed by atoms with E-state index in [2.05, 4.69) is 44.3 Å². The topological polar surface area (TPSA) is 21.3 Å². The molecule has 0 saturated carbocycles. The van der Waals surface area contributed by atoms with Crippen LogP contribution in [0.3, 0.4) is 0 Å². The minimum Gasteiger partial charge on any atom is -0.493 e. The van der Waals surface area contributed by atoms with Crippen LogP contribution in [0.25, 0.3) is 0 Å². The molecule has 1 aromatic carbocycles. The molecule has 2 rings (SSSR count). The van der Waals surface area contributed by atoms with Crippen LogP contribution in [0.5, 0.6) is 5.75 Å². The molecule has 1 aliphatic heterocycles. The molecule has 0 spiro atoms. The van der Waals surface area contributed by atoms with Gasteiger partial charge < -0.3 is 10.1 Å². The van der Waals surface area contributed by atoms with Gasteiger partial charge in [-0.15, -0.1) is 0 Å². The molecule has 1 N–H and O–H groups in total. The SMILES string of the molecule is CCCNC1CCOc2c(C(C)C)cccc21. The fraction of sp³-hybridized carbons (Fsp3) is 0.600. The predicted octanol–water partition coefficient (Wildman–Crippen LogP) is 3.63. The van der Waals surface area contributed by atoms with Crippen LogP contribution in [0.4, 0.5) is 0 Å². The van der Waals surface area contributed by atoms with Crippen molar-refractivity contribution in [3.8, 4) is 5.75 Å². The number of nitrogens with one attached hydrogen (secondary N) is 1. The van der Waals surface area contributed by atoms with Crippen molar-refractivity contribution < 1.29 is 4.74 Å². The first-order valence-corrected chi connectivity index (χ1v) is 6.73. The first-order valence-electron chi connectivity index (χ1n) is 6.73. The molecule has 1 aromatic rings. The Kier molecular flexibility index (Phi) is 4.06. The molecular formula is C15H23NO. The minimum absolute atomic E-state index is 0.470. The van der Waals surface area contributed by atoms with Gasteiger partial charge in [0.15, 0.2) is 0 Å². The number of benzene rings is 1. The van der Waals surface area contributed by atoms with Crippen molar-refractivity contribution in [2.75, 3.05) is 13.2 Å². The highest BCUT2D eigenvalue weighted by Crippen LogP contribution is 2.37. The Labute approximate surface area is 104 Å². The third-order valence-corrected chi connectivity index (χ3v) is 3.37. The summed E-state index contributed by atoms with van der Waals surface area (Å²) in [6.45, 7) is 8.57. The van der Waals surface area contributed by atoms with Gasteiger partial charge in [0, 0.05) is 18.0 Å². The van der Waals surface area contributed by atoms with Gasteiger partial charge in [0.2, 0.25) is 0 Å². The van der Waals surface area contributed by atoms with Crippen LogP contribution in [0.1, 0.15) is 56.7 Å². The van der Waals surface area contributed by atoms with Gasteiger partial charge in [-0.25, -0.2) is 0 Å². The lowest BCUT2D eigenvalue weighted by Crippen LogP contribution is -2.28. The molecule has 0 bridgehead atoms. The first kappa shape index (κ1) is 12.4. The Balaban J connectivity index is 2.28. The summed E-state index contributed by atoms with van der Waals surface area (Å²) in [6.07, 6.45) is 2.26. The van der Waals surface area contributed by atoms with E-state index in [0.29, 0.717) is 12.0 Å². The molecule has 1 atom stereocenters. The number of hydrogen-bond acceptors (Lipinski definition) is 2. The van der Waals surface area contributed by atoms with Crippen LogP contribution in [0.15, 0.2) is 18.2 Å². The third-order valence-electron chi connectivity index (χ3n) is 3.37. The van der Waals surface area contributed by atoms with Gasteiger partial charge in [0.25, 0.3) is 0 Å². The van der Waals surface area contributed by atoms with Gasteiger partial charge in [-0.2, -0.15) is 0 Å². The van der Waals surface area contributed by atoms with Crippen LogP contribution < -0.4 is 10.1 Å². The van der Waals surface area contributed by atoms with E-state index in [1.165, 1.54) is 17.5 Å². The molecule has 1 aliphatic rings. The second-order valence-electron chi connectivity index (χ2n) is 5.06. The molecule has 0 fully saturated rings. The summed E-state index contributed by atoms with van der Waals surface area (Å²) < 4.78 is 5.89. The summed E-state index contributed by atoms with van der Waals surface area (Å²) in [5, 5.41) is 3.61. The van der Waals surface area contributed by atoms with Crippen LogP contribution in [-0.2, 0) is 0 Å². The van der Waals surface area contributed by atoms with Gasteiger partial charge >= 0.3 is 0 Å². The zero-order valence-corrected chi connectivity index (χ0v) is 11.1. The molecule has 1 heterocycles. The van der Waals surface area contributed by atoms with Crippen LogP contribution in [0.2, 0.25) is 0 Å². The van der Waals surface area contributed by atoms with Crippen molar-refractivity contribution in [1.29, 1.82) is 0 Å². The van der Waals surface area contributed by atoms with Gasteiger partial charge in [-0.3, -0.25) is 0 Å². The summed E-state index contributed by atoms with van der Waals surface area (Å²) in [5.74, 6) is 1.65. The average molecular weight is 233 g/mol. The molecule has 0 aromatic heterocycles. The van der Waals surface area contributed by atoms with E-state index in [9.17, 15) is 0 Å². The summed E-state index contributed by atoms with van der Waals surface area (Å²) in [5.41, 5.74) is 2.68. The van der Waals surface area contributed by atoms with Crippen molar-refractivity contribution in [2.45, 2.75) is 45.6 Å². The first-order chi connectivity index (χ1) is 8.24. The summed E-state index contributed by atoms with van der Waals surface area (Å²) >= 11 is 0. The van der Waals surface area contributed by atoms with Crippen LogP contribution in [0, 0.1) is 0 Å². The second kappa shape index (κ2) is 5.54. The Bertz CT molecular complexity index is 373.